The number of thiazole rings is 1. The smallest absolute Gasteiger partial charge is 0.275 e. The lowest BCUT2D eigenvalue weighted by Gasteiger charge is -2.09. The first kappa shape index (κ1) is 17.2. The summed E-state index contributed by atoms with van der Waals surface area (Å²) in [7, 11) is 0. The van der Waals surface area contributed by atoms with Gasteiger partial charge in [-0.1, -0.05) is 30.3 Å². The van der Waals surface area contributed by atoms with Crippen molar-refractivity contribution in [2.24, 2.45) is 0 Å². The number of nitrogens with one attached hydrogen (secondary N) is 1. The number of aryl methyl sites for hydroxylation is 1. The molecule has 6 heteroatoms. The van der Waals surface area contributed by atoms with Crippen LogP contribution in [0, 0.1) is 13.8 Å². The van der Waals surface area contributed by atoms with Gasteiger partial charge < -0.3 is 5.32 Å². The molecule has 4 aromatic rings. The lowest BCUT2D eigenvalue weighted by atomic mass is 10.1. The number of nitrogens with zero attached hydrogens (tertiary/aromatic N) is 3. The van der Waals surface area contributed by atoms with Crippen molar-refractivity contribution >= 4 is 22.9 Å². The monoisotopic (exact) mass is 374 g/mol. The number of aromatic nitrogens is 3. The summed E-state index contributed by atoms with van der Waals surface area (Å²) in [5, 5.41) is 9.88. The number of benzene rings is 2. The normalized spacial score (nSPS) is 10.7. The Morgan fingerprint density at radius 3 is 2.70 bits per heavy atom. The van der Waals surface area contributed by atoms with E-state index in [1.54, 1.807) is 16.3 Å². The maximum Gasteiger partial charge on any atom is 0.275 e. The summed E-state index contributed by atoms with van der Waals surface area (Å²) < 4.78 is 1.80. The van der Waals surface area contributed by atoms with E-state index >= 15 is 0 Å². The maximum atomic E-state index is 12.6. The molecule has 0 unspecified atom stereocenters. The molecular formula is C21H18N4OS. The minimum atomic E-state index is -0.207. The van der Waals surface area contributed by atoms with Gasteiger partial charge in [-0.15, -0.1) is 11.3 Å². The molecule has 27 heavy (non-hydrogen) atoms. The molecule has 0 aliphatic heterocycles. The number of carbonyl (C=O) groups excluding carboxylic acids is 1. The highest BCUT2D eigenvalue weighted by Crippen LogP contribution is 2.25. The molecule has 0 fully saturated rings. The highest BCUT2D eigenvalue weighted by molar-refractivity contribution is 7.13. The van der Waals surface area contributed by atoms with Gasteiger partial charge in [0.15, 0.2) is 0 Å². The summed E-state index contributed by atoms with van der Waals surface area (Å²) >= 11 is 1.43. The molecule has 0 atom stereocenters. The molecule has 1 N–H and O–H groups in total. The number of hydrogen-bond acceptors (Lipinski definition) is 4. The molecule has 0 bridgehead atoms. The Morgan fingerprint density at radius 1 is 1.07 bits per heavy atom. The van der Waals surface area contributed by atoms with Crippen molar-refractivity contribution < 1.29 is 4.79 Å². The van der Waals surface area contributed by atoms with Gasteiger partial charge in [-0.2, -0.15) is 5.10 Å². The van der Waals surface area contributed by atoms with Crippen molar-refractivity contribution in [3.63, 3.8) is 0 Å². The van der Waals surface area contributed by atoms with Gasteiger partial charge in [-0.25, -0.2) is 9.67 Å². The van der Waals surface area contributed by atoms with Gasteiger partial charge in [-0.05, 0) is 43.2 Å². The summed E-state index contributed by atoms with van der Waals surface area (Å²) in [6, 6.07) is 15.7. The maximum absolute atomic E-state index is 12.6. The number of carbonyl (C=O) groups is 1. The third-order valence-electron chi connectivity index (χ3n) is 4.44. The second-order valence-electron chi connectivity index (χ2n) is 6.25. The largest absolute Gasteiger partial charge is 0.320 e. The fourth-order valence-corrected chi connectivity index (χ4v) is 3.51. The number of rotatable bonds is 4. The average Bonchev–Trinajstić information content (AvgIpc) is 3.35. The predicted molar refractivity (Wildman–Crippen MR) is 109 cm³/mol. The lowest BCUT2D eigenvalue weighted by molar-refractivity contribution is 0.102. The molecule has 0 radical (unpaired) electrons. The first-order valence-corrected chi connectivity index (χ1v) is 9.43. The third-order valence-corrected chi connectivity index (χ3v) is 5.33. The topological polar surface area (TPSA) is 59.8 Å². The number of amides is 1. The van der Waals surface area contributed by atoms with E-state index in [2.05, 4.69) is 15.4 Å². The first-order chi connectivity index (χ1) is 13.1. The zero-order chi connectivity index (χ0) is 18.8. The van der Waals surface area contributed by atoms with Gasteiger partial charge in [0.05, 0.1) is 11.9 Å². The summed E-state index contributed by atoms with van der Waals surface area (Å²) in [4.78, 5) is 17.0. The van der Waals surface area contributed by atoms with Gasteiger partial charge in [0, 0.05) is 22.8 Å². The van der Waals surface area contributed by atoms with Crippen LogP contribution in [-0.4, -0.2) is 20.7 Å². The quantitative estimate of drug-likeness (QED) is 0.555. The Labute approximate surface area is 161 Å². The van der Waals surface area contributed by atoms with Crippen molar-refractivity contribution in [1.82, 2.24) is 14.8 Å². The summed E-state index contributed by atoms with van der Waals surface area (Å²) in [5.74, 6) is -0.207. The number of para-hydroxylation sites is 1. The van der Waals surface area contributed by atoms with E-state index in [0.29, 0.717) is 5.69 Å². The van der Waals surface area contributed by atoms with Crippen LogP contribution < -0.4 is 5.32 Å². The lowest BCUT2D eigenvalue weighted by Crippen LogP contribution is -2.13. The SMILES string of the molecule is Cc1cccc(NC(=O)c2csc(-c3cnn(-c4ccccc4)c3)n2)c1C. The van der Waals surface area contributed by atoms with Crippen molar-refractivity contribution in [1.29, 1.82) is 0 Å². The van der Waals surface area contributed by atoms with Crippen molar-refractivity contribution in [3.8, 4) is 16.3 Å². The second-order valence-corrected chi connectivity index (χ2v) is 7.11. The van der Waals surface area contributed by atoms with Gasteiger partial charge in [0.25, 0.3) is 5.91 Å². The van der Waals surface area contributed by atoms with Crippen molar-refractivity contribution in [3.05, 3.63) is 83.1 Å². The Balaban J connectivity index is 1.54. The van der Waals surface area contributed by atoms with E-state index in [1.807, 2.05) is 68.6 Å². The standard InChI is InChI=1S/C21H18N4OS/c1-14-7-6-10-18(15(14)2)23-20(26)19-13-27-21(24-19)16-11-22-25(12-16)17-8-4-3-5-9-17/h3-13H,1-2H3,(H,23,26). The van der Waals surface area contributed by atoms with E-state index in [1.165, 1.54) is 11.3 Å². The van der Waals surface area contributed by atoms with E-state index in [-0.39, 0.29) is 5.91 Å². The van der Waals surface area contributed by atoms with E-state index in [0.717, 1.165) is 33.1 Å². The Kier molecular flexibility index (Phi) is 4.56. The third kappa shape index (κ3) is 3.52. The summed E-state index contributed by atoms with van der Waals surface area (Å²) in [6.07, 6.45) is 3.68. The molecule has 2 heterocycles. The Morgan fingerprint density at radius 2 is 1.89 bits per heavy atom. The van der Waals surface area contributed by atoms with Crippen LogP contribution in [0.3, 0.4) is 0 Å². The highest BCUT2D eigenvalue weighted by Gasteiger charge is 2.14. The molecule has 0 aliphatic rings. The molecule has 0 saturated heterocycles. The van der Waals surface area contributed by atoms with Gasteiger partial charge in [0.1, 0.15) is 10.7 Å². The number of anilines is 1. The van der Waals surface area contributed by atoms with Gasteiger partial charge in [0.2, 0.25) is 0 Å². The fraction of sp³-hybridized carbons (Fsp3) is 0.0952. The molecule has 0 saturated carbocycles. The Hall–Kier alpha value is -3.25. The first-order valence-electron chi connectivity index (χ1n) is 8.55. The van der Waals surface area contributed by atoms with Gasteiger partial charge >= 0.3 is 0 Å². The number of hydrogen-bond donors (Lipinski definition) is 1. The van der Waals surface area contributed by atoms with Crippen LogP contribution in [0.15, 0.2) is 66.3 Å². The molecule has 1 amide bonds. The van der Waals surface area contributed by atoms with Crippen LogP contribution in [0.1, 0.15) is 21.6 Å². The zero-order valence-corrected chi connectivity index (χ0v) is 15.8. The van der Waals surface area contributed by atoms with Crippen molar-refractivity contribution in [2.75, 3.05) is 5.32 Å². The summed E-state index contributed by atoms with van der Waals surface area (Å²) in [6.45, 7) is 4.02. The fourth-order valence-electron chi connectivity index (χ4n) is 2.74. The molecule has 5 nitrogen and oxygen atoms in total. The van der Waals surface area contributed by atoms with E-state index in [9.17, 15) is 4.79 Å². The van der Waals surface area contributed by atoms with Gasteiger partial charge in [-0.3, -0.25) is 4.79 Å². The minimum Gasteiger partial charge on any atom is -0.320 e. The van der Waals surface area contributed by atoms with Crippen LogP contribution in [0.25, 0.3) is 16.3 Å². The minimum absolute atomic E-state index is 0.207. The second kappa shape index (κ2) is 7.17. The van der Waals surface area contributed by atoms with Crippen LogP contribution in [0.4, 0.5) is 5.69 Å². The zero-order valence-electron chi connectivity index (χ0n) is 15.0. The molecule has 0 aliphatic carbocycles. The average molecular weight is 374 g/mol. The van der Waals surface area contributed by atoms with Crippen LogP contribution in [0.5, 0.6) is 0 Å². The van der Waals surface area contributed by atoms with Crippen LogP contribution >= 0.6 is 11.3 Å². The van der Waals surface area contributed by atoms with Crippen molar-refractivity contribution in [2.45, 2.75) is 13.8 Å². The summed E-state index contributed by atoms with van der Waals surface area (Å²) in [5.41, 5.74) is 5.28. The van der Waals surface area contributed by atoms with E-state index in [4.69, 9.17) is 0 Å². The molecule has 2 aromatic heterocycles. The van der Waals surface area contributed by atoms with Crippen LogP contribution in [0.2, 0.25) is 0 Å². The molecule has 4 rings (SSSR count). The molecule has 2 aromatic carbocycles. The predicted octanol–water partition coefficient (Wildman–Crippen LogP) is 4.86. The molecule has 134 valence electrons. The highest BCUT2D eigenvalue weighted by atomic mass is 32.1. The molecule has 0 spiro atoms. The molecular weight excluding hydrogens is 356 g/mol. The van der Waals surface area contributed by atoms with Crippen LogP contribution in [-0.2, 0) is 0 Å². The van der Waals surface area contributed by atoms with E-state index < -0.39 is 0 Å². The Bertz CT molecular complexity index is 1100.